The van der Waals surface area contributed by atoms with Crippen LogP contribution in [0.1, 0.15) is 5.56 Å². The van der Waals surface area contributed by atoms with E-state index in [9.17, 15) is 0 Å². The van der Waals surface area contributed by atoms with E-state index in [1.807, 2.05) is 18.2 Å². The number of benzene rings is 2. The molecule has 0 spiro atoms. The highest BCUT2D eigenvalue weighted by molar-refractivity contribution is 5.78. The fraction of sp³-hybridized carbons (Fsp3) is 0.0769. The SMILES string of the molecule is Nc1ccc(N)c(CNc2cccc(N)c2N)c1. The molecular formula is C13H17N5. The Morgan fingerprint density at radius 3 is 2.44 bits per heavy atom. The highest BCUT2D eigenvalue weighted by Gasteiger charge is 2.04. The number of hydrogen-bond donors (Lipinski definition) is 5. The van der Waals surface area contributed by atoms with E-state index in [0.29, 0.717) is 29.3 Å². The van der Waals surface area contributed by atoms with Crippen LogP contribution in [0, 0.1) is 0 Å². The summed E-state index contributed by atoms with van der Waals surface area (Å²) in [5.74, 6) is 0. The minimum atomic E-state index is 0.542. The molecular weight excluding hydrogens is 226 g/mol. The van der Waals surface area contributed by atoms with Gasteiger partial charge in [-0.25, -0.2) is 0 Å². The van der Waals surface area contributed by atoms with Crippen molar-refractivity contribution in [2.45, 2.75) is 6.54 Å². The molecule has 9 N–H and O–H groups in total. The van der Waals surface area contributed by atoms with Crippen LogP contribution in [-0.4, -0.2) is 0 Å². The molecule has 0 heterocycles. The number of nitrogens with one attached hydrogen (secondary N) is 1. The van der Waals surface area contributed by atoms with E-state index in [1.54, 1.807) is 18.2 Å². The van der Waals surface area contributed by atoms with Gasteiger partial charge in [-0.1, -0.05) is 6.07 Å². The largest absolute Gasteiger partial charge is 0.399 e. The second kappa shape index (κ2) is 4.75. The molecule has 0 aliphatic heterocycles. The van der Waals surface area contributed by atoms with Gasteiger partial charge in [-0.05, 0) is 35.9 Å². The number of hydrogen-bond acceptors (Lipinski definition) is 5. The fourth-order valence-electron chi connectivity index (χ4n) is 1.71. The lowest BCUT2D eigenvalue weighted by molar-refractivity contribution is 1.16. The van der Waals surface area contributed by atoms with Crippen LogP contribution >= 0.6 is 0 Å². The third-order valence-corrected chi connectivity index (χ3v) is 2.78. The smallest absolute Gasteiger partial charge is 0.0783 e. The van der Waals surface area contributed by atoms with Crippen molar-refractivity contribution in [1.29, 1.82) is 0 Å². The maximum Gasteiger partial charge on any atom is 0.0783 e. The summed E-state index contributed by atoms with van der Waals surface area (Å²) in [5.41, 5.74) is 27.4. The molecule has 0 radical (unpaired) electrons. The van der Waals surface area contributed by atoms with Gasteiger partial charge in [0.2, 0.25) is 0 Å². The first kappa shape index (κ1) is 11.9. The van der Waals surface area contributed by atoms with Crippen molar-refractivity contribution in [3.63, 3.8) is 0 Å². The third-order valence-electron chi connectivity index (χ3n) is 2.78. The van der Waals surface area contributed by atoms with E-state index in [4.69, 9.17) is 22.9 Å². The molecule has 0 saturated heterocycles. The van der Waals surface area contributed by atoms with E-state index in [0.717, 1.165) is 11.3 Å². The molecule has 5 nitrogen and oxygen atoms in total. The Hall–Kier alpha value is -2.56. The molecule has 0 saturated carbocycles. The molecule has 0 aromatic heterocycles. The summed E-state index contributed by atoms with van der Waals surface area (Å²) < 4.78 is 0. The van der Waals surface area contributed by atoms with Crippen LogP contribution in [0.4, 0.5) is 28.4 Å². The van der Waals surface area contributed by atoms with Crippen LogP contribution in [0.25, 0.3) is 0 Å². The molecule has 0 bridgehead atoms. The van der Waals surface area contributed by atoms with Crippen molar-refractivity contribution in [2.24, 2.45) is 0 Å². The number of rotatable bonds is 3. The first-order valence-corrected chi connectivity index (χ1v) is 5.59. The van der Waals surface area contributed by atoms with Gasteiger partial charge in [-0.3, -0.25) is 0 Å². The Kier molecular flexibility index (Phi) is 3.14. The van der Waals surface area contributed by atoms with E-state index >= 15 is 0 Å². The zero-order valence-corrected chi connectivity index (χ0v) is 9.98. The summed E-state index contributed by atoms with van der Waals surface area (Å²) in [7, 11) is 0. The Morgan fingerprint density at radius 1 is 0.889 bits per heavy atom. The van der Waals surface area contributed by atoms with E-state index in [1.165, 1.54) is 0 Å². The van der Waals surface area contributed by atoms with Gasteiger partial charge in [0, 0.05) is 17.9 Å². The minimum absolute atomic E-state index is 0.542. The molecule has 2 aromatic rings. The molecule has 0 fully saturated rings. The van der Waals surface area contributed by atoms with Crippen LogP contribution in [0.3, 0.4) is 0 Å². The topological polar surface area (TPSA) is 116 Å². The lowest BCUT2D eigenvalue weighted by Crippen LogP contribution is -2.06. The average Bonchev–Trinajstić information content (AvgIpc) is 2.35. The second-order valence-electron chi connectivity index (χ2n) is 4.12. The number of nitrogen functional groups attached to an aromatic ring is 4. The molecule has 0 amide bonds. The minimum Gasteiger partial charge on any atom is -0.399 e. The first-order chi connectivity index (χ1) is 8.58. The summed E-state index contributed by atoms with van der Waals surface area (Å²) in [6.07, 6.45) is 0. The van der Waals surface area contributed by atoms with E-state index in [-0.39, 0.29) is 0 Å². The van der Waals surface area contributed by atoms with Gasteiger partial charge in [0.1, 0.15) is 0 Å². The molecule has 0 aliphatic rings. The van der Waals surface area contributed by atoms with E-state index < -0.39 is 0 Å². The Balaban J connectivity index is 2.16. The van der Waals surface area contributed by atoms with Crippen LogP contribution < -0.4 is 28.3 Å². The molecule has 2 aromatic carbocycles. The molecule has 2 rings (SSSR count). The van der Waals surface area contributed by atoms with Crippen molar-refractivity contribution in [3.8, 4) is 0 Å². The quantitative estimate of drug-likeness (QED) is 0.525. The molecule has 94 valence electrons. The lowest BCUT2D eigenvalue weighted by Gasteiger charge is -2.12. The molecule has 18 heavy (non-hydrogen) atoms. The average molecular weight is 243 g/mol. The van der Waals surface area contributed by atoms with Gasteiger partial charge < -0.3 is 28.3 Å². The highest BCUT2D eigenvalue weighted by Crippen LogP contribution is 2.25. The van der Waals surface area contributed by atoms with Crippen molar-refractivity contribution in [2.75, 3.05) is 28.3 Å². The second-order valence-corrected chi connectivity index (χ2v) is 4.12. The fourth-order valence-corrected chi connectivity index (χ4v) is 1.71. The zero-order chi connectivity index (χ0) is 13.1. The van der Waals surface area contributed by atoms with Gasteiger partial charge in [0.05, 0.1) is 17.1 Å². The summed E-state index contributed by atoms with van der Waals surface area (Å²) in [5, 5.41) is 3.20. The van der Waals surface area contributed by atoms with Crippen LogP contribution in [0.2, 0.25) is 0 Å². The Labute approximate surface area is 106 Å². The molecule has 0 atom stereocenters. The monoisotopic (exact) mass is 243 g/mol. The van der Waals surface area contributed by atoms with Gasteiger partial charge in [-0.15, -0.1) is 0 Å². The summed E-state index contributed by atoms with van der Waals surface area (Å²) in [4.78, 5) is 0. The first-order valence-electron chi connectivity index (χ1n) is 5.59. The Bertz CT molecular complexity index is 563. The summed E-state index contributed by atoms with van der Waals surface area (Å²) in [6, 6.07) is 10.9. The maximum absolute atomic E-state index is 5.87. The predicted octanol–water partition coefficient (Wildman–Crippen LogP) is 1.63. The zero-order valence-electron chi connectivity index (χ0n) is 9.98. The standard InChI is InChI=1S/C13H17N5/c14-9-4-5-10(15)8(6-9)7-18-12-3-1-2-11(16)13(12)17/h1-6,18H,7,14-17H2. The number of para-hydroxylation sites is 1. The predicted molar refractivity (Wildman–Crippen MR) is 77.9 cm³/mol. The van der Waals surface area contributed by atoms with Crippen molar-refractivity contribution >= 4 is 28.4 Å². The van der Waals surface area contributed by atoms with Crippen LogP contribution in [0.15, 0.2) is 36.4 Å². The normalized spacial score (nSPS) is 10.2. The van der Waals surface area contributed by atoms with Gasteiger partial charge >= 0.3 is 0 Å². The van der Waals surface area contributed by atoms with Gasteiger partial charge in [-0.2, -0.15) is 0 Å². The molecule has 0 unspecified atom stereocenters. The maximum atomic E-state index is 5.87. The molecule has 5 heteroatoms. The molecule has 0 aliphatic carbocycles. The highest BCUT2D eigenvalue weighted by atomic mass is 14.9. The number of nitrogens with two attached hydrogens (primary N) is 4. The van der Waals surface area contributed by atoms with Crippen LogP contribution in [0.5, 0.6) is 0 Å². The van der Waals surface area contributed by atoms with Gasteiger partial charge in [0.15, 0.2) is 0 Å². The summed E-state index contributed by atoms with van der Waals surface area (Å²) >= 11 is 0. The number of anilines is 5. The van der Waals surface area contributed by atoms with Crippen molar-refractivity contribution in [1.82, 2.24) is 0 Å². The van der Waals surface area contributed by atoms with Crippen molar-refractivity contribution < 1.29 is 0 Å². The summed E-state index contributed by atoms with van der Waals surface area (Å²) in [6.45, 7) is 0.546. The van der Waals surface area contributed by atoms with Crippen molar-refractivity contribution in [3.05, 3.63) is 42.0 Å². The third kappa shape index (κ3) is 2.40. The lowest BCUT2D eigenvalue weighted by atomic mass is 10.1. The van der Waals surface area contributed by atoms with E-state index in [2.05, 4.69) is 5.32 Å². The van der Waals surface area contributed by atoms with Gasteiger partial charge in [0.25, 0.3) is 0 Å². The van der Waals surface area contributed by atoms with Crippen LogP contribution in [-0.2, 0) is 6.54 Å². The Morgan fingerprint density at radius 2 is 1.67 bits per heavy atom.